The van der Waals surface area contributed by atoms with E-state index in [0.717, 1.165) is 17.7 Å². The van der Waals surface area contributed by atoms with Gasteiger partial charge in [0.1, 0.15) is 5.82 Å². The second kappa shape index (κ2) is 4.64. The van der Waals surface area contributed by atoms with Crippen LogP contribution < -0.4 is 5.32 Å². The van der Waals surface area contributed by atoms with E-state index in [1.807, 2.05) is 0 Å². The molecule has 0 amide bonds. The second-order valence-electron chi connectivity index (χ2n) is 4.35. The summed E-state index contributed by atoms with van der Waals surface area (Å²) in [7, 11) is 0. The molecule has 0 radical (unpaired) electrons. The number of rotatable bonds is 3. The van der Waals surface area contributed by atoms with Gasteiger partial charge >= 0.3 is 5.97 Å². The van der Waals surface area contributed by atoms with Crippen LogP contribution in [0.25, 0.3) is 0 Å². The lowest BCUT2D eigenvalue weighted by Gasteiger charge is -2.35. The molecule has 5 heteroatoms. The maximum Gasteiger partial charge on any atom is 0.308 e. The van der Waals surface area contributed by atoms with Gasteiger partial charge in [-0.1, -0.05) is 0 Å². The fourth-order valence-electron chi connectivity index (χ4n) is 1.97. The Morgan fingerprint density at radius 2 is 2.24 bits per heavy atom. The second-order valence-corrected chi connectivity index (χ2v) is 5.21. The number of hydrogen-bond donors (Lipinski definition) is 2. The van der Waals surface area contributed by atoms with Crippen molar-refractivity contribution < 1.29 is 14.3 Å². The van der Waals surface area contributed by atoms with Gasteiger partial charge < -0.3 is 10.4 Å². The summed E-state index contributed by atoms with van der Waals surface area (Å²) in [5.41, 5.74) is 1.57. The van der Waals surface area contributed by atoms with E-state index >= 15 is 0 Å². The molecule has 0 saturated heterocycles. The minimum atomic E-state index is -0.771. The first-order valence-corrected chi connectivity index (χ1v) is 6.23. The van der Waals surface area contributed by atoms with Gasteiger partial charge in [0, 0.05) is 11.7 Å². The van der Waals surface area contributed by atoms with E-state index in [4.69, 9.17) is 5.11 Å². The number of benzene rings is 1. The van der Waals surface area contributed by atoms with Crippen LogP contribution in [0, 0.1) is 18.7 Å². The molecule has 0 heterocycles. The molecule has 3 nitrogen and oxygen atoms in total. The summed E-state index contributed by atoms with van der Waals surface area (Å²) in [5, 5.41) is 12.1. The van der Waals surface area contributed by atoms with Crippen molar-refractivity contribution in [1.82, 2.24) is 0 Å². The molecule has 2 N–H and O–H groups in total. The molecule has 17 heavy (non-hydrogen) atoms. The molecular weight excluding hydrogens is 289 g/mol. The van der Waals surface area contributed by atoms with Crippen molar-refractivity contribution in [3.8, 4) is 0 Å². The van der Waals surface area contributed by atoms with Crippen LogP contribution in [0.1, 0.15) is 18.4 Å². The highest BCUT2D eigenvalue weighted by Gasteiger charge is 2.36. The van der Waals surface area contributed by atoms with E-state index in [1.54, 1.807) is 13.0 Å². The fourth-order valence-corrected chi connectivity index (χ4v) is 2.31. The van der Waals surface area contributed by atoms with E-state index in [-0.39, 0.29) is 17.8 Å². The molecule has 1 saturated carbocycles. The lowest BCUT2D eigenvalue weighted by Crippen LogP contribution is -2.43. The minimum absolute atomic E-state index is 0.0523. The number of aryl methyl sites for hydroxylation is 1. The fraction of sp³-hybridized carbons (Fsp3) is 0.417. The Balaban J connectivity index is 2.14. The zero-order chi connectivity index (χ0) is 12.6. The quantitative estimate of drug-likeness (QED) is 0.901. The molecule has 1 aliphatic carbocycles. The molecule has 1 fully saturated rings. The minimum Gasteiger partial charge on any atom is -0.481 e. The molecule has 1 aromatic carbocycles. The van der Waals surface area contributed by atoms with Crippen LogP contribution in [0.5, 0.6) is 0 Å². The number of halogens is 2. The summed E-state index contributed by atoms with van der Waals surface area (Å²) in [4.78, 5) is 10.9. The Labute approximate surface area is 107 Å². The summed E-state index contributed by atoms with van der Waals surface area (Å²) in [6.45, 7) is 1.80. The SMILES string of the molecule is Cc1cc(F)c(Br)cc1NC1CCC1C(=O)O. The van der Waals surface area contributed by atoms with Gasteiger partial charge in [0.15, 0.2) is 0 Å². The number of nitrogens with one attached hydrogen (secondary N) is 1. The van der Waals surface area contributed by atoms with Crippen molar-refractivity contribution in [3.05, 3.63) is 28.0 Å². The monoisotopic (exact) mass is 301 g/mol. The van der Waals surface area contributed by atoms with Crippen molar-refractivity contribution in [2.75, 3.05) is 5.32 Å². The highest BCUT2D eigenvalue weighted by molar-refractivity contribution is 9.10. The average Bonchev–Trinajstić information content (AvgIpc) is 2.18. The molecule has 1 aromatic rings. The lowest BCUT2D eigenvalue weighted by molar-refractivity contribution is -0.144. The average molecular weight is 302 g/mol. The van der Waals surface area contributed by atoms with Crippen LogP contribution >= 0.6 is 15.9 Å². The highest BCUT2D eigenvalue weighted by atomic mass is 79.9. The summed E-state index contributed by atoms with van der Waals surface area (Å²) in [6, 6.07) is 3.03. The molecule has 1 aliphatic rings. The maximum absolute atomic E-state index is 13.2. The summed E-state index contributed by atoms with van der Waals surface area (Å²) >= 11 is 3.12. The molecule has 0 bridgehead atoms. The van der Waals surface area contributed by atoms with E-state index in [9.17, 15) is 9.18 Å². The number of anilines is 1. The molecule has 2 atom stereocenters. The third-order valence-electron chi connectivity index (χ3n) is 3.20. The normalized spacial score (nSPS) is 23.0. The van der Waals surface area contributed by atoms with E-state index in [1.165, 1.54) is 6.07 Å². The Kier molecular flexibility index (Phi) is 3.38. The van der Waals surface area contributed by atoms with Gasteiger partial charge in [0.25, 0.3) is 0 Å². The van der Waals surface area contributed by atoms with Gasteiger partial charge in [-0.2, -0.15) is 0 Å². The topological polar surface area (TPSA) is 49.3 Å². The van der Waals surface area contributed by atoms with Gasteiger partial charge in [-0.05, 0) is 53.4 Å². The molecular formula is C12H13BrFNO2. The summed E-state index contributed by atoms with van der Waals surface area (Å²) < 4.78 is 13.6. The van der Waals surface area contributed by atoms with Crippen molar-refractivity contribution in [3.63, 3.8) is 0 Å². The standard InChI is InChI=1S/C12H13BrFNO2/c1-6-4-9(14)8(13)5-11(6)15-10-3-2-7(10)12(16)17/h4-5,7,10,15H,2-3H2,1H3,(H,16,17). The Hall–Kier alpha value is -1.10. The zero-order valence-corrected chi connectivity index (χ0v) is 10.9. The predicted octanol–water partition coefficient (Wildman–Crippen LogP) is 3.17. The smallest absolute Gasteiger partial charge is 0.308 e. The number of carbonyl (C=O) groups is 1. The first-order valence-electron chi connectivity index (χ1n) is 5.44. The zero-order valence-electron chi connectivity index (χ0n) is 9.34. The lowest BCUT2D eigenvalue weighted by atomic mass is 9.79. The van der Waals surface area contributed by atoms with Crippen LogP contribution in [0.4, 0.5) is 10.1 Å². The van der Waals surface area contributed by atoms with Crippen molar-refractivity contribution in [2.45, 2.75) is 25.8 Å². The van der Waals surface area contributed by atoms with Crippen LogP contribution in [0.3, 0.4) is 0 Å². The molecule has 0 aliphatic heterocycles. The highest BCUT2D eigenvalue weighted by Crippen LogP contribution is 2.33. The Bertz CT molecular complexity index is 464. The van der Waals surface area contributed by atoms with Crippen molar-refractivity contribution in [2.24, 2.45) is 5.92 Å². The van der Waals surface area contributed by atoms with E-state index in [0.29, 0.717) is 10.9 Å². The van der Waals surface area contributed by atoms with Gasteiger partial charge in [0.2, 0.25) is 0 Å². The van der Waals surface area contributed by atoms with Crippen LogP contribution in [0.15, 0.2) is 16.6 Å². The molecule has 0 spiro atoms. The third-order valence-corrected chi connectivity index (χ3v) is 3.81. The number of carboxylic acids is 1. The number of aliphatic carboxylic acids is 1. The number of hydrogen-bond acceptors (Lipinski definition) is 2. The Morgan fingerprint density at radius 1 is 1.53 bits per heavy atom. The van der Waals surface area contributed by atoms with Gasteiger partial charge in [-0.3, -0.25) is 4.79 Å². The van der Waals surface area contributed by atoms with Crippen molar-refractivity contribution >= 4 is 27.6 Å². The summed E-state index contributed by atoms with van der Waals surface area (Å²) in [6.07, 6.45) is 1.54. The summed E-state index contributed by atoms with van der Waals surface area (Å²) in [5.74, 6) is -1.41. The van der Waals surface area contributed by atoms with Gasteiger partial charge in [-0.15, -0.1) is 0 Å². The van der Waals surface area contributed by atoms with Crippen molar-refractivity contribution in [1.29, 1.82) is 0 Å². The molecule has 92 valence electrons. The molecule has 0 aromatic heterocycles. The van der Waals surface area contributed by atoms with Crippen LogP contribution in [0.2, 0.25) is 0 Å². The van der Waals surface area contributed by atoms with Gasteiger partial charge in [0.05, 0.1) is 10.4 Å². The largest absolute Gasteiger partial charge is 0.481 e. The third kappa shape index (κ3) is 2.44. The molecule has 2 unspecified atom stereocenters. The predicted molar refractivity (Wildman–Crippen MR) is 66.6 cm³/mol. The number of carboxylic acid groups (broad SMARTS) is 1. The van der Waals surface area contributed by atoms with Gasteiger partial charge in [-0.25, -0.2) is 4.39 Å². The molecule has 2 rings (SSSR count). The van der Waals surface area contributed by atoms with Crippen LogP contribution in [-0.2, 0) is 4.79 Å². The Morgan fingerprint density at radius 3 is 2.76 bits per heavy atom. The van der Waals surface area contributed by atoms with E-state index < -0.39 is 5.97 Å². The van der Waals surface area contributed by atoms with Crippen LogP contribution in [-0.4, -0.2) is 17.1 Å². The maximum atomic E-state index is 13.2. The first kappa shape index (κ1) is 12.4. The van der Waals surface area contributed by atoms with E-state index in [2.05, 4.69) is 21.2 Å². The first-order chi connectivity index (χ1) is 7.99.